The average Bonchev–Trinajstić information content (AvgIpc) is 1.83. The van der Waals surface area contributed by atoms with E-state index in [1.165, 1.54) is 6.42 Å². The summed E-state index contributed by atoms with van der Waals surface area (Å²) >= 11 is 0. The van der Waals surface area contributed by atoms with Gasteiger partial charge in [-0.1, -0.05) is 20.3 Å². The smallest absolute Gasteiger partial charge is 0.0782 e. The lowest BCUT2D eigenvalue weighted by atomic mass is 9.69. The summed E-state index contributed by atoms with van der Waals surface area (Å²) in [6, 6.07) is 2.07. The Morgan fingerprint density at radius 3 is 2.58 bits per heavy atom. The van der Waals surface area contributed by atoms with Crippen LogP contribution in [0.15, 0.2) is 0 Å². The van der Waals surface area contributed by atoms with Gasteiger partial charge in [-0.2, -0.15) is 5.26 Å². The van der Waals surface area contributed by atoms with Crippen molar-refractivity contribution in [2.24, 2.45) is 5.41 Å². The first-order chi connectivity index (χ1) is 5.47. The first-order valence-corrected chi connectivity index (χ1v) is 4.57. The number of nitriles is 1. The maximum Gasteiger partial charge on any atom is 0.0782 e. The normalized spacial score (nSPS) is 34.2. The summed E-state index contributed by atoms with van der Waals surface area (Å²) in [6.07, 6.45) is 4.07. The summed E-state index contributed by atoms with van der Waals surface area (Å²) < 4.78 is 0. The molecule has 2 nitrogen and oxygen atoms in total. The largest absolute Gasteiger partial charge is 0.389 e. The molecule has 1 rings (SSSR count). The highest BCUT2D eigenvalue weighted by molar-refractivity contribution is 4.95. The second kappa shape index (κ2) is 3.06. The molecule has 0 aromatic rings. The van der Waals surface area contributed by atoms with Gasteiger partial charge in [-0.15, -0.1) is 0 Å². The van der Waals surface area contributed by atoms with Crippen LogP contribution in [-0.2, 0) is 0 Å². The van der Waals surface area contributed by atoms with Crippen LogP contribution in [0.25, 0.3) is 0 Å². The Hall–Kier alpha value is -0.550. The van der Waals surface area contributed by atoms with Crippen molar-refractivity contribution in [1.29, 1.82) is 5.26 Å². The topological polar surface area (TPSA) is 44.0 Å². The molecule has 1 aliphatic rings. The van der Waals surface area contributed by atoms with Crippen LogP contribution in [0, 0.1) is 16.7 Å². The number of hydrogen-bond acceptors (Lipinski definition) is 2. The van der Waals surface area contributed by atoms with Gasteiger partial charge in [0, 0.05) is 0 Å². The number of rotatable bonds is 1. The SMILES string of the molecule is CC1(C)CCCC(O)(CC#N)C1. The van der Waals surface area contributed by atoms with Crippen molar-refractivity contribution < 1.29 is 5.11 Å². The Morgan fingerprint density at radius 2 is 2.08 bits per heavy atom. The molecule has 12 heavy (non-hydrogen) atoms. The van der Waals surface area contributed by atoms with Crippen LogP contribution in [0.2, 0.25) is 0 Å². The summed E-state index contributed by atoms with van der Waals surface area (Å²) in [4.78, 5) is 0. The van der Waals surface area contributed by atoms with Crippen molar-refractivity contribution in [1.82, 2.24) is 0 Å². The van der Waals surface area contributed by atoms with Crippen molar-refractivity contribution >= 4 is 0 Å². The molecule has 1 N–H and O–H groups in total. The van der Waals surface area contributed by atoms with Crippen LogP contribution in [0.1, 0.15) is 46.0 Å². The molecule has 0 amide bonds. The fraction of sp³-hybridized carbons (Fsp3) is 0.900. The molecule has 2 heteroatoms. The van der Waals surface area contributed by atoms with E-state index in [0.29, 0.717) is 0 Å². The maximum absolute atomic E-state index is 9.98. The van der Waals surface area contributed by atoms with Crippen molar-refractivity contribution in [2.45, 2.75) is 51.6 Å². The molecule has 0 saturated heterocycles. The molecule has 0 radical (unpaired) electrons. The second-order valence-corrected chi connectivity index (χ2v) is 4.75. The van der Waals surface area contributed by atoms with Gasteiger partial charge in [0.15, 0.2) is 0 Å². The van der Waals surface area contributed by atoms with Gasteiger partial charge in [-0.05, 0) is 24.7 Å². The molecule has 1 atom stereocenters. The summed E-state index contributed by atoms with van der Waals surface area (Å²) in [5, 5.41) is 18.5. The summed E-state index contributed by atoms with van der Waals surface area (Å²) in [6.45, 7) is 4.32. The molecule has 0 bridgehead atoms. The van der Waals surface area contributed by atoms with Crippen molar-refractivity contribution in [2.75, 3.05) is 0 Å². The Bertz CT molecular complexity index is 204. The lowest BCUT2D eigenvalue weighted by Crippen LogP contribution is -2.38. The van der Waals surface area contributed by atoms with Crippen LogP contribution in [0.3, 0.4) is 0 Å². The van der Waals surface area contributed by atoms with E-state index in [0.717, 1.165) is 19.3 Å². The van der Waals surface area contributed by atoms with E-state index in [4.69, 9.17) is 5.26 Å². The summed E-state index contributed by atoms with van der Waals surface area (Å²) in [7, 11) is 0. The van der Waals surface area contributed by atoms with Crippen molar-refractivity contribution in [3.05, 3.63) is 0 Å². The zero-order valence-electron chi connectivity index (χ0n) is 7.93. The van der Waals surface area contributed by atoms with Crippen LogP contribution in [-0.4, -0.2) is 10.7 Å². The number of aliphatic hydroxyl groups is 1. The Morgan fingerprint density at radius 1 is 1.42 bits per heavy atom. The highest BCUT2D eigenvalue weighted by Gasteiger charge is 2.37. The van der Waals surface area contributed by atoms with E-state index in [2.05, 4.69) is 19.9 Å². The predicted octanol–water partition coefficient (Wildman–Crippen LogP) is 2.23. The van der Waals surface area contributed by atoms with E-state index in [1.807, 2.05) is 0 Å². The van der Waals surface area contributed by atoms with Gasteiger partial charge in [0.1, 0.15) is 0 Å². The zero-order chi connectivity index (χ0) is 9.24. The fourth-order valence-electron chi connectivity index (χ4n) is 2.26. The Labute approximate surface area is 74.2 Å². The first kappa shape index (κ1) is 9.54. The van der Waals surface area contributed by atoms with E-state index < -0.39 is 5.60 Å². The highest BCUT2D eigenvalue weighted by atomic mass is 16.3. The molecule has 1 aliphatic carbocycles. The van der Waals surface area contributed by atoms with Gasteiger partial charge in [0.05, 0.1) is 18.1 Å². The lowest BCUT2D eigenvalue weighted by molar-refractivity contribution is -0.0348. The van der Waals surface area contributed by atoms with Gasteiger partial charge in [0.2, 0.25) is 0 Å². The van der Waals surface area contributed by atoms with E-state index in [9.17, 15) is 5.11 Å². The average molecular weight is 167 g/mol. The van der Waals surface area contributed by atoms with E-state index in [-0.39, 0.29) is 11.8 Å². The van der Waals surface area contributed by atoms with Crippen molar-refractivity contribution in [3.63, 3.8) is 0 Å². The van der Waals surface area contributed by atoms with Gasteiger partial charge in [-0.25, -0.2) is 0 Å². The minimum Gasteiger partial charge on any atom is -0.389 e. The Balaban J connectivity index is 2.62. The second-order valence-electron chi connectivity index (χ2n) is 4.75. The van der Waals surface area contributed by atoms with E-state index >= 15 is 0 Å². The first-order valence-electron chi connectivity index (χ1n) is 4.57. The van der Waals surface area contributed by atoms with Gasteiger partial charge in [-0.3, -0.25) is 0 Å². The van der Waals surface area contributed by atoms with Crippen molar-refractivity contribution in [3.8, 4) is 6.07 Å². The quantitative estimate of drug-likeness (QED) is 0.650. The standard InChI is InChI=1S/C10H17NO/c1-9(2)4-3-5-10(12,8-9)6-7-11/h12H,3-6,8H2,1-2H3. The molecule has 0 aromatic carbocycles. The summed E-state index contributed by atoms with van der Waals surface area (Å²) in [5.41, 5.74) is -0.486. The summed E-state index contributed by atoms with van der Waals surface area (Å²) in [5.74, 6) is 0. The molecule has 1 unspecified atom stereocenters. The minimum absolute atomic E-state index is 0.212. The predicted molar refractivity (Wildman–Crippen MR) is 47.4 cm³/mol. The molecule has 1 fully saturated rings. The zero-order valence-corrected chi connectivity index (χ0v) is 7.93. The Kier molecular flexibility index (Phi) is 2.44. The fourth-order valence-corrected chi connectivity index (χ4v) is 2.26. The molecule has 68 valence electrons. The monoisotopic (exact) mass is 167 g/mol. The molecule has 0 aliphatic heterocycles. The molecular formula is C10H17NO. The van der Waals surface area contributed by atoms with Crippen LogP contribution < -0.4 is 0 Å². The third-order valence-corrected chi connectivity index (χ3v) is 2.71. The maximum atomic E-state index is 9.98. The molecule has 0 aromatic heterocycles. The van der Waals surface area contributed by atoms with Crippen LogP contribution >= 0.6 is 0 Å². The molecule has 0 spiro atoms. The minimum atomic E-state index is -0.698. The van der Waals surface area contributed by atoms with Gasteiger partial charge in [0.25, 0.3) is 0 Å². The number of nitrogens with zero attached hydrogens (tertiary/aromatic N) is 1. The third-order valence-electron chi connectivity index (χ3n) is 2.71. The molecular weight excluding hydrogens is 150 g/mol. The van der Waals surface area contributed by atoms with E-state index in [1.54, 1.807) is 0 Å². The van der Waals surface area contributed by atoms with Crippen LogP contribution in [0.5, 0.6) is 0 Å². The van der Waals surface area contributed by atoms with Crippen LogP contribution in [0.4, 0.5) is 0 Å². The van der Waals surface area contributed by atoms with Gasteiger partial charge >= 0.3 is 0 Å². The van der Waals surface area contributed by atoms with Gasteiger partial charge < -0.3 is 5.11 Å². The molecule has 1 saturated carbocycles. The third kappa shape index (κ3) is 2.22. The number of hydrogen-bond donors (Lipinski definition) is 1. The highest BCUT2D eigenvalue weighted by Crippen LogP contribution is 2.42. The molecule has 0 heterocycles. The lowest BCUT2D eigenvalue weighted by Gasteiger charge is -2.40.